The topological polar surface area (TPSA) is 29.9 Å². The SMILES string of the molecule is CC(C)CNCc1cn(C)nc1-c1cccc(F)c1. The molecule has 2 rings (SSSR count). The number of hydrogen-bond acceptors (Lipinski definition) is 2. The first-order valence-corrected chi connectivity index (χ1v) is 6.55. The van der Waals surface area contributed by atoms with Gasteiger partial charge in [0, 0.05) is 30.9 Å². The van der Waals surface area contributed by atoms with Crippen molar-refractivity contribution < 1.29 is 4.39 Å². The van der Waals surface area contributed by atoms with Gasteiger partial charge in [0.25, 0.3) is 0 Å². The fraction of sp³-hybridized carbons (Fsp3) is 0.400. The van der Waals surface area contributed by atoms with Crippen molar-refractivity contribution in [2.24, 2.45) is 13.0 Å². The average Bonchev–Trinajstić information content (AvgIpc) is 2.70. The molecule has 0 radical (unpaired) electrons. The lowest BCUT2D eigenvalue weighted by Gasteiger charge is -2.07. The minimum Gasteiger partial charge on any atom is -0.312 e. The number of halogens is 1. The highest BCUT2D eigenvalue weighted by Crippen LogP contribution is 2.22. The van der Waals surface area contributed by atoms with E-state index in [9.17, 15) is 4.39 Å². The third kappa shape index (κ3) is 3.64. The van der Waals surface area contributed by atoms with Crippen LogP contribution < -0.4 is 5.32 Å². The molecule has 0 atom stereocenters. The second-order valence-electron chi connectivity index (χ2n) is 5.21. The molecule has 0 fully saturated rings. The summed E-state index contributed by atoms with van der Waals surface area (Å²) in [5.74, 6) is 0.374. The van der Waals surface area contributed by atoms with Gasteiger partial charge in [-0.05, 0) is 24.6 Å². The second-order valence-corrected chi connectivity index (χ2v) is 5.21. The van der Waals surface area contributed by atoms with Gasteiger partial charge in [-0.15, -0.1) is 0 Å². The zero-order valence-corrected chi connectivity index (χ0v) is 11.7. The van der Waals surface area contributed by atoms with E-state index in [1.807, 2.05) is 19.3 Å². The summed E-state index contributed by atoms with van der Waals surface area (Å²) in [6.07, 6.45) is 1.98. The van der Waals surface area contributed by atoms with Gasteiger partial charge in [0.2, 0.25) is 0 Å². The van der Waals surface area contributed by atoms with Crippen molar-refractivity contribution in [3.05, 3.63) is 41.8 Å². The molecule has 1 aromatic heterocycles. The lowest BCUT2D eigenvalue weighted by molar-refractivity contribution is 0.552. The zero-order valence-electron chi connectivity index (χ0n) is 11.7. The van der Waals surface area contributed by atoms with E-state index >= 15 is 0 Å². The van der Waals surface area contributed by atoms with E-state index in [1.165, 1.54) is 12.1 Å². The maximum absolute atomic E-state index is 13.3. The molecule has 0 aliphatic carbocycles. The van der Waals surface area contributed by atoms with Gasteiger partial charge in [-0.3, -0.25) is 4.68 Å². The molecule has 0 aliphatic rings. The molecule has 4 heteroatoms. The van der Waals surface area contributed by atoms with Crippen LogP contribution in [0.4, 0.5) is 4.39 Å². The van der Waals surface area contributed by atoms with Crippen molar-refractivity contribution >= 4 is 0 Å². The molecular weight excluding hydrogens is 241 g/mol. The summed E-state index contributed by atoms with van der Waals surface area (Å²) >= 11 is 0. The molecule has 102 valence electrons. The Kier molecular flexibility index (Phi) is 4.32. The van der Waals surface area contributed by atoms with Crippen LogP contribution in [0.15, 0.2) is 30.5 Å². The first-order chi connectivity index (χ1) is 9.06. The van der Waals surface area contributed by atoms with Crippen LogP contribution >= 0.6 is 0 Å². The number of aryl methyl sites for hydroxylation is 1. The normalized spacial score (nSPS) is 11.2. The Morgan fingerprint density at radius 2 is 2.16 bits per heavy atom. The van der Waals surface area contributed by atoms with Crippen molar-refractivity contribution in [3.8, 4) is 11.3 Å². The molecule has 1 N–H and O–H groups in total. The van der Waals surface area contributed by atoms with Crippen LogP contribution in [-0.2, 0) is 13.6 Å². The van der Waals surface area contributed by atoms with E-state index in [-0.39, 0.29) is 5.82 Å². The number of benzene rings is 1. The molecule has 0 aliphatic heterocycles. The van der Waals surface area contributed by atoms with E-state index in [0.29, 0.717) is 5.92 Å². The summed E-state index contributed by atoms with van der Waals surface area (Å²) < 4.78 is 15.1. The number of aromatic nitrogens is 2. The quantitative estimate of drug-likeness (QED) is 0.896. The maximum Gasteiger partial charge on any atom is 0.123 e. The average molecular weight is 261 g/mol. The van der Waals surface area contributed by atoms with E-state index < -0.39 is 0 Å². The molecule has 2 aromatic rings. The van der Waals surface area contributed by atoms with Crippen LogP contribution in [0.5, 0.6) is 0 Å². The fourth-order valence-corrected chi connectivity index (χ4v) is 2.04. The Morgan fingerprint density at radius 3 is 2.84 bits per heavy atom. The molecule has 19 heavy (non-hydrogen) atoms. The van der Waals surface area contributed by atoms with Crippen LogP contribution in [0.1, 0.15) is 19.4 Å². The smallest absolute Gasteiger partial charge is 0.123 e. The van der Waals surface area contributed by atoms with Crippen molar-refractivity contribution in [1.82, 2.24) is 15.1 Å². The Labute approximate surface area is 113 Å². The summed E-state index contributed by atoms with van der Waals surface area (Å²) in [6, 6.07) is 6.57. The predicted molar refractivity (Wildman–Crippen MR) is 75.1 cm³/mol. The maximum atomic E-state index is 13.3. The second kappa shape index (κ2) is 5.97. The van der Waals surface area contributed by atoms with E-state index in [4.69, 9.17) is 0 Å². The Hall–Kier alpha value is -1.68. The summed E-state index contributed by atoms with van der Waals surface area (Å²) in [4.78, 5) is 0. The largest absolute Gasteiger partial charge is 0.312 e. The molecule has 0 saturated heterocycles. The molecule has 0 bridgehead atoms. The first-order valence-electron chi connectivity index (χ1n) is 6.55. The first kappa shape index (κ1) is 13.7. The number of nitrogens with zero attached hydrogens (tertiary/aromatic N) is 2. The number of hydrogen-bond donors (Lipinski definition) is 1. The third-order valence-corrected chi connectivity index (χ3v) is 2.87. The molecule has 1 aromatic carbocycles. The van der Waals surface area contributed by atoms with Gasteiger partial charge in [-0.25, -0.2) is 4.39 Å². The van der Waals surface area contributed by atoms with Gasteiger partial charge in [0.15, 0.2) is 0 Å². The van der Waals surface area contributed by atoms with Crippen molar-refractivity contribution in [3.63, 3.8) is 0 Å². The van der Waals surface area contributed by atoms with Crippen LogP contribution in [0.25, 0.3) is 11.3 Å². The Morgan fingerprint density at radius 1 is 1.37 bits per heavy atom. The van der Waals surface area contributed by atoms with Crippen LogP contribution in [0.2, 0.25) is 0 Å². The highest BCUT2D eigenvalue weighted by atomic mass is 19.1. The van der Waals surface area contributed by atoms with Gasteiger partial charge in [0.05, 0.1) is 5.69 Å². The molecule has 3 nitrogen and oxygen atoms in total. The minimum atomic E-state index is -0.232. The molecule has 0 amide bonds. The number of rotatable bonds is 5. The minimum absolute atomic E-state index is 0.232. The predicted octanol–water partition coefficient (Wildman–Crippen LogP) is 2.97. The summed E-state index contributed by atoms with van der Waals surface area (Å²) in [5.41, 5.74) is 2.76. The van der Waals surface area contributed by atoms with E-state index in [2.05, 4.69) is 24.3 Å². The molecule has 0 unspecified atom stereocenters. The van der Waals surface area contributed by atoms with Gasteiger partial charge < -0.3 is 5.32 Å². The lowest BCUT2D eigenvalue weighted by atomic mass is 10.1. The van der Waals surface area contributed by atoms with Crippen molar-refractivity contribution in [2.75, 3.05) is 6.54 Å². The van der Waals surface area contributed by atoms with Gasteiger partial charge >= 0.3 is 0 Å². The van der Waals surface area contributed by atoms with Crippen LogP contribution in [-0.4, -0.2) is 16.3 Å². The van der Waals surface area contributed by atoms with Gasteiger partial charge in [0.1, 0.15) is 5.82 Å². The fourth-order valence-electron chi connectivity index (χ4n) is 2.04. The molecule has 0 saturated carbocycles. The van der Waals surface area contributed by atoms with Crippen LogP contribution in [0, 0.1) is 11.7 Å². The number of nitrogens with one attached hydrogen (secondary N) is 1. The lowest BCUT2D eigenvalue weighted by Crippen LogP contribution is -2.19. The molecule has 0 spiro atoms. The summed E-state index contributed by atoms with van der Waals surface area (Å²) in [6.45, 7) is 6.04. The van der Waals surface area contributed by atoms with Crippen LogP contribution in [0.3, 0.4) is 0 Å². The van der Waals surface area contributed by atoms with E-state index in [0.717, 1.165) is 29.9 Å². The van der Waals surface area contributed by atoms with Crippen molar-refractivity contribution in [1.29, 1.82) is 0 Å². The third-order valence-electron chi connectivity index (χ3n) is 2.87. The van der Waals surface area contributed by atoms with E-state index in [1.54, 1.807) is 10.7 Å². The van der Waals surface area contributed by atoms with Crippen molar-refractivity contribution in [2.45, 2.75) is 20.4 Å². The molecular formula is C15H20FN3. The summed E-state index contributed by atoms with van der Waals surface area (Å²) in [7, 11) is 1.88. The summed E-state index contributed by atoms with van der Waals surface area (Å²) in [5, 5.41) is 7.82. The highest BCUT2D eigenvalue weighted by Gasteiger charge is 2.10. The Balaban J connectivity index is 2.21. The zero-order chi connectivity index (χ0) is 13.8. The van der Waals surface area contributed by atoms with Gasteiger partial charge in [-0.2, -0.15) is 5.10 Å². The Bertz CT molecular complexity index is 546. The molecule has 1 heterocycles. The highest BCUT2D eigenvalue weighted by molar-refractivity contribution is 5.62. The standard InChI is InChI=1S/C15H20FN3/c1-11(2)8-17-9-13-10-19(3)18-15(13)12-5-4-6-14(16)7-12/h4-7,10-11,17H,8-9H2,1-3H3. The monoisotopic (exact) mass is 261 g/mol. The van der Waals surface area contributed by atoms with Gasteiger partial charge in [-0.1, -0.05) is 26.0 Å².